The Kier molecular flexibility index (Phi) is 6.01. The highest BCUT2D eigenvalue weighted by Gasteiger charge is 2.38. The molecule has 0 saturated carbocycles. The van der Waals surface area contributed by atoms with Crippen molar-refractivity contribution in [3.05, 3.63) is 59.7 Å². The van der Waals surface area contributed by atoms with E-state index in [1.54, 1.807) is 39.2 Å². The molecular weight excluding hydrogens is 428 g/mol. The second-order valence-electron chi connectivity index (χ2n) is 8.50. The zero-order chi connectivity index (χ0) is 23.0. The third-order valence-electron chi connectivity index (χ3n) is 5.84. The van der Waals surface area contributed by atoms with E-state index in [1.807, 2.05) is 18.2 Å². The van der Waals surface area contributed by atoms with Crippen LogP contribution in [0, 0.1) is 5.92 Å². The number of sulfonamides is 1. The summed E-state index contributed by atoms with van der Waals surface area (Å²) in [5.41, 5.74) is 2.91. The van der Waals surface area contributed by atoms with Crippen LogP contribution in [0.2, 0.25) is 0 Å². The summed E-state index contributed by atoms with van der Waals surface area (Å²) in [4.78, 5) is 11.6. The molecule has 1 heterocycles. The van der Waals surface area contributed by atoms with Crippen LogP contribution >= 0.6 is 0 Å². The molecule has 32 heavy (non-hydrogen) atoms. The van der Waals surface area contributed by atoms with E-state index in [0.717, 1.165) is 23.2 Å². The smallest absolute Gasteiger partial charge is 0.308 e. The lowest BCUT2D eigenvalue weighted by molar-refractivity contribution is -0.132. The Hall–Kier alpha value is -2.84. The second kappa shape index (κ2) is 8.60. The van der Waals surface area contributed by atoms with Crippen LogP contribution in [0.5, 0.6) is 11.5 Å². The van der Waals surface area contributed by atoms with Gasteiger partial charge < -0.3 is 14.8 Å². The Morgan fingerprint density at radius 3 is 2.62 bits per heavy atom. The molecule has 0 amide bonds. The first-order valence-electron chi connectivity index (χ1n) is 10.7. The molecule has 0 saturated heterocycles. The Morgan fingerprint density at radius 1 is 1.16 bits per heavy atom. The molecule has 2 aromatic rings. The molecule has 7 nitrogen and oxygen atoms in total. The summed E-state index contributed by atoms with van der Waals surface area (Å²) in [7, 11) is -2.03. The van der Waals surface area contributed by atoms with Crippen molar-refractivity contribution in [2.24, 2.45) is 5.92 Å². The minimum Gasteiger partial charge on any atom is -0.493 e. The van der Waals surface area contributed by atoms with Gasteiger partial charge in [-0.05, 0) is 67.6 Å². The van der Waals surface area contributed by atoms with Crippen molar-refractivity contribution >= 4 is 21.7 Å². The molecule has 0 spiro atoms. The van der Waals surface area contributed by atoms with Gasteiger partial charge in [-0.15, -0.1) is 0 Å². The predicted octanol–water partition coefficient (Wildman–Crippen LogP) is 4.13. The lowest BCUT2D eigenvalue weighted by Gasteiger charge is -2.38. The molecule has 0 aromatic heterocycles. The summed E-state index contributed by atoms with van der Waals surface area (Å²) < 4.78 is 38.7. The summed E-state index contributed by atoms with van der Waals surface area (Å²) >= 11 is 0. The number of rotatable bonds is 6. The predicted molar refractivity (Wildman–Crippen MR) is 123 cm³/mol. The summed E-state index contributed by atoms with van der Waals surface area (Å²) in [5, 5.41) is 3.60. The molecule has 170 valence electrons. The van der Waals surface area contributed by atoms with E-state index >= 15 is 0 Å². The number of nitrogens with one attached hydrogen (secondary N) is 2. The van der Waals surface area contributed by atoms with Crippen LogP contribution in [0.3, 0.4) is 0 Å². The highest BCUT2D eigenvalue weighted by atomic mass is 32.2. The molecule has 2 aromatic carbocycles. The third-order valence-corrected chi connectivity index (χ3v) is 7.49. The average molecular weight is 457 g/mol. The van der Waals surface area contributed by atoms with Crippen LogP contribution in [0.15, 0.2) is 53.4 Å². The quantitative estimate of drug-likeness (QED) is 0.386. The third kappa shape index (κ3) is 4.25. The Labute approximate surface area is 188 Å². The molecule has 3 atom stereocenters. The van der Waals surface area contributed by atoms with Crippen LogP contribution < -0.4 is 19.5 Å². The molecule has 1 aliphatic carbocycles. The SMILES string of the molecule is COc1cc(C2Nc3ccc(S(=O)(=O)NC(C)C)cc3C3C=CCC32)ccc1OC(C)=O. The highest BCUT2D eigenvalue weighted by Crippen LogP contribution is 2.50. The number of hydrogen-bond donors (Lipinski definition) is 2. The number of methoxy groups -OCH3 is 1. The Balaban J connectivity index is 1.70. The molecule has 4 rings (SSSR count). The normalized spacial score (nSPS) is 21.6. The number of carbonyl (C=O) groups excluding carboxylic acids is 1. The van der Waals surface area contributed by atoms with Crippen molar-refractivity contribution in [1.82, 2.24) is 4.72 Å². The number of allylic oxidation sites excluding steroid dienone is 2. The fourth-order valence-corrected chi connectivity index (χ4v) is 5.85. The van der Waals surface area contributed by atoms with Crippen LogP contribution in [-0.4, -0.2) is 27.5 Å². The van der Waals surface area contributed by atoms with Gasteiger partial charge in [0.1, 0.15) is 0 Å². The first-order chi connectivity index (χ1) is 15.2. The highest BCUT2D eigenvalue weighted by molar-refractivity contribution is 7.89. The molecule has 1 aliphatic heterocycles. The Bertz CT molecular complexity index is 1170. The van der Waals surface area contributed by atoms with Gasteiger partial charge in [0.25, 0.3) is 0 Å². The zero-order valence-corrected chi connectivity index (χ0v) is 19.4. The van der Waals surface area contributed by atoms with Crippen molar-refractivity contribution in [3.8, 4) is 11.5 Å². The number of carbonyl (C=O) groups is 1. The second-order valence-corrected chi connectivity index (χ2v) is 10.2. The van der Waals surface area contributed by atoms with Crippen molar-refractivity contribution in [2.75, 3.05) is 12.4 Å². The molecule has 0 bridgehead atoms. The van der Waals surface area contributed by atoms with Gasteiger partial charge in [0.2, 0.25) is 10.0 Å². The maximum absolute atomic E-state index is 12.7. The van der Waals surface area contributed by atoms with Gasteiger partial charge in [0.05, 0.1) is 18.0 Å². The van der Waals surface area contributed by atoms with E-state index < -0.39 is 16.0 Å². The molecular formula is C24H28N2O5S. The van der Waals surface area contributed by atoms with E-state index in [4.69, 9.17) is 9.47 Å². The van der Waals surface area contributed by atoms with Gasteiger partial charge in [-0.3, -0.25) is 4.79 Å². The number of benzene rings is 2. The molecule has 3 unspecified atom stereocenters. The van der Waals surface area contributed by atoms with Gasteiger partial charge >= 0.3 is 5.97 Å². The van der Waals surface area contributed by atoms with E-state index in [0.29, 0.717) is 11.5 Å². The summed E-state index contributed by atoms with van der Waals surface area (Å²) in [5.74, 6) is 0.800. The van der Waals surface area contributed by atoms with E-state index in [-0.39, 0.29) is 28.8 Å². The molecule has 0 radical (unpaired) electrons. The lowest BCUT2D eigenvalue weighted by atomic mass is 9.77. The monoisotopic (exact) mass is 456 g/mol. The zero-order valence-electron chi connectivity index (χ0n) is 18.6. The maximum atomic E-state index is 12.7. The largest absolute Gasteiger partial charge is 0.493 e. The lowest BCUT2D eigenvalue weighted by Crippen LogP contribution is -2.31. The molecule has 2 N–H and O–H groups in total. The average Bonchev–Trinajstić information content (AvgIpc) is 3.22. The Morgan fingerprint density at radius 2 is 1.94 bits per heavy atom. The minimum absolute atomic E-state index is 0.000903. The minimum atomic E-state index is -3.57. The molecule has 8 heteroatoms. The fraction of sp³-hybridized carbons (Fsp3) is 0.375. The van der Waals surface area contributed by atoms with E-state index in [1.165, 1.54) is 6.92 Å². The first kappa shape index (κ1) is 22.4. The van der Waals surface area contributed by atoms with Gasteiger partial charge in [0.15, 0.2) is 11.5 Å². The fourth-order valence-electron chi connectivity index (χ4n) is 4.56. The van der Waals surface area contributed by atoms with Gasteiger partial charge in [-0.1, -0.05) is 18.2 Å². The maximum Gasteiger partial charge on any atom is 0.308 e. The van der Waals surface area contributed by atoms with Crippen LogP contribution in [0.25, 0.3) is 0 Å². The number of anilines is 1. The van der Waals surface area contributed by atoms with E-state index in [9.17, 15) is 13.2 Å². The number of esters is 1. The standard InChI is InChI=1S/C24H28N2O5S/c1-14(2)26-32(28,29)17-9-10-21-20(13-17)18-6-5-7-19(18)24(25-21)16-8-11-22(31-15(3)27)23(12-16)30-4/h5-6,8-14,18-19,24-26H,7H2,1-4H3. The first-order valence-corrected chi connectivity index (χ1v) is 12.1. The van der Waals surface area contributed by atoms with Crippen molar-refractivity contribution < 1.29 is 22.7 Å². The van der Waals surface area contributed by atoms with Crippen molar-refractivity contribution in [3.63, 3.8) is 0 Å². The van der Waals surface area contributed by atoms with E-state index in [2.05, 4.69) is 22.2 Å². The summed E-state index contributed by atoms with van der Waals surface area (Å²) in [6.45, 7) is 4.96. The van der Waals surface area contributed by atoms with Gasteiger partial charge in [0, 0.05) is 24.6 Å². The summed E-state index contributed by atoms with van der Waals surface area (Å²) in [6, 6.07) is 10.6. The topological polar surface area (TPSA) is 93.7 Å². The van der Waals surface area contributed by atoms with Gasteiger partial charge in [-0.25, -0.2) is 13.1 Å². The molecule has 2 aliphatic rings. The molecule has 0 fully saturated rings. The summed E-state index contributed by atoms with van der Waals surface area (Å²) in [6.07, 6.45) is 5.18. The number of hydrogen-bond acceptors (Lipinski definition) is 6. The van der Waals surface area contributed by atoms with Crippen LogP contribution in [0.4, 0.5) is 5.69 Å². The van der Waals surface area contributed by atoms with Crippen LogP contribution in [-0.2, 0) is 14.8 Å². The van der Waals surface area contributed by atoms with Gasteiger partial charge in [-0.2, -0.15) is 0 Å². The number of fused-ring (bicyclic) bond motifs is 3. The van der Waals surface area contributed by atoms with Crippen molar-refractivity contribution in [1.29, 1.82) is 0 Å². The van der Waals surface area contributed by atoms with Crippen LogP contribution in [0.1, 0.15) is 50.3 Å². The van der Waals surface area contributed by atoms with Crippen molar-refractivity contribution in [2.45, 2.75) is 50.1 Å². The number of ether oxygens (including phenoxy) is 2.